The molecule has 3 aromatic carbocycles. The number of pyridine rings is 2. The molecule has 0 aliphatic rings. The number of hydrogen-bond acceptors (Lipinski definition) is 5. The Kier molecular flexibility index (Phi) is 6.99. The SMILES string of the molecule is O=C(O)c1cc2ccc(C(F)(F)F)cc2nc1N(Cc1cccnc1)S(=O)(=O)c1ccc(-c2ccccc2)cc1. The number of alkyl halides is 3. The van der Waals surface area contributed by atoms with Crippen LogP contribution in [0.1, 0.15) is 21.5 Å². The van der Waals surface area contributed by atoms with Crippen LogP contribution >= 0.6 is 0 Å². The van der Waals surface area contributed by atoms with Crippen molar-refractivity contribution in [3.8, 4) is 11.1 Å². The van der Waals surface area contributed by atoms with Gasteiger partial charge in [-0.1, -0.05) is 54.6 Å². The van der Waals surface area contributed by atoms with Gasteiger partial charge in [0.1, 0.15) is 5.56 Å². The summed E-state index contributed by atoms with van der Waals surface area (Å²) in [6.07, 6.45) is -1.78. The van der Waals surface area contributed by atoms with E-state index in [0.717, 1.165) is 39.7 Å². The number of carbonyl (C=O) groups is 1. The van der Waals surface area contributed by atoms with E-state index in [0.29, 0.717) is 5.56 Å². The van der Waals surface area contributed by atoms with Gasteiger partial charge in [-0.05, 0) is 53.1 Å². The minimum atomic E-state index is -4.68. The zero-order valence-corrected chi connectivity index (χ0v) is 21.4. The molecule has 0 atom stereocenters. The molecule has 0 saturated heterocycles. The van der Waals surface area contributed by atoms with Gasteiger partial charge in [0, 0.05) is 17.8 Å². The first-order chi connectivity index (χ1) is 19.0. The number of aromatic nitrogens is 2. The van der Waals surface area contributed by atoms with E-state index < -0.39 is 39.1 Å². The Bertz CT molecular complexity index is 1800. The molecular weight excluding hydrogens is 543 g/mol. The Labute approximate surface area is 227 Å². The van der Waals surface area contributed by atoms with Gasteiger partial charge in [-0.2, -0.15) is 13.2 Å². The third-order valence-electron chi connectivity index (χ3n) is 6.19. The molecule has 5 rings (SSSR count). The van der Waals surface area contributed by atoms with E-state index in [1.807, 2.05) is 30.3 Å². The Morgan fingerprint density at radius 3 is 2.20 bits per heavy atom. The predicted molar refractivity (Wildman–Crippen MR) is 143 cm³/mol. The summed E-state index contributed by atoms with van der Waals surface area (Å²) in [5.41, 5.74) is 0.340. The van der Waals surface area contributed by atoms with E-state index in [4.69, 9.17) is 0 Å². The predicted octanol–water partition coefficient (Wildman–Crippen LogP) is 6.41. The molecule has 11 heteroatoms. The number of hydrogen-bond donors (Lipinski definition) is 1. The molecule has 7 nitrogen and oxygen atoms in total. The van der Waals surface area contributed by atoms with Crippen LogP contribution in [0.25, 0.3) is 22.0 Å². The van der Waals surface area contributed by atoms with Crippen molar-refractivity contribution in [2.75, 3.05) is 4.31 Å². The lowest BCUT2D eigenvalue weighted by atomic mass is 10.1. The highest BCUT2D eigenvalue weighted by molar-refractivity contribution is 7.92. The fraction of sp³-hybridized carbons (Fsp3) is 0.0690. The van der Waals surface area contributed by atoms with Gasteiger partial charge in [-0.3, -0.25) is 4.98 Å². The minimum Gasteiger partial charge on any atom is -0.478 e. The molecule has 2 aromatic heterocycles. The number of aromatic carboxylic acids is 1. The van der Waals surface area contributed by atoms with Gasteiger partial charge in [0.05, 0.1) is 22.5 Å². The molecule has 0 radical (unpaired) electrons. The van der Waals surface area contributed by atoms with E-state index in [9.17, 15) is 31.5 Å². The van der Waals surface area contributed by atoms with Crippen LogP contribution in [0.3, 0.4) is 0 Å². The van der Waals surface area contributed by atoms with Crippen molar-refractivity contribution in [1.29, 1.82) is 0 Å². The first-order valence-electron chi connectivity index (χ1n) is 11.9. The van der Waals surface area contributed by atoms with Crippen molar-refractivity contribution in [3.63, 3.8) is 0 Å². The number of halogens is 3. The lowest BCUT2D eigenvalue weighted by Crippen LogP contribution is -2.33. The molecule has 2 heterocycles. The van der Waals surface area contributed by atoms with E-state index in [2.05, 4.69) is 9.97 Å². The van der Waals surface area contributed by atoms with Crippen LogP contribution in [0.15, 0.2) is 108 Å². The zero-order chi connectivity index (χ0) is 28.5. The molecule has 5 aromatic rings. The van der Waals surface area contributed by atoms with Crippen LogP contribution in [0.4, 0.5) is 19.0 Å². The standard InChI is InChI=1S/C29H20F3N3O4S/c30-29(31,32)23-11-8-22-15-25(28(36)37)27(34-26(22)16-23)35(18-19-5-4-14-33-17-19)40(38,39)24-12-9-21(10-13-24)20-6-2-1-3-7-20/h1-17H,18H2,(H,36,37). The second-order valence-corrected chi connectivity index (χ2v) is 10.7. The fourth-order valence-corrected chi connectivity index (χ4v) is 5.61. The van der Waals surface area contributed by atoms with Crippen LogP contribution in [0, 0.1) is 0 Å². The van der Waals surface area contributed by atoms with E-state index in [1.165, 1.54) is 24.5 Å². The Morgan fingerprint density at radius 2 is 1.57 bits per heavy atom. The van der Waals surface area contributed by atoms with Crippen LogP contribution in [-0.4, -0.2) is 29.5 Å². The molecule has 0 amide bonds. The molecule has 0 aliphatic heterocycles. The van der Waals surface area contributed by atoms with Crippen LogP contribution < -0.4 is 4.31 Å². The third-order valence-corrected chi connectivity index (χ3v) is 7.94. The first-order valence-corrected chi connectivity index (χ1v) is 13.3. The van der Waals surface area contributed by atoms with Crippen molar-refractivity contribution in [1.82, 2.24) is 9.97 Å². The Hall–Kier alpha value is -4.77. The Balaban J connectivity index is 1.68. The van der Waals surface area contributed by atoms with Gasteiger partial charge in [0.15, 0.2) is 5.82 Å². The number of fused-ring (bicyclic) bond motifs is 1. The van der Waals surface area contributed by atoms with Gasteiger partial charge >= 0.3 is 12.1 Å². The summed E-state index contributed by atoms with van der Waals surface area (Å²) < 4.78 is 69.0. The molecule has 1 N–H and O–H groups in total. The van der Waals surface area contributed by atoms with Gasteiger partial charge in [0.2, 0.25) is 0 Å². The van der Waals surface area contributed by atoms with Crippen molar-refractivity contribution in [2.45, 2.75) is 17.6 Å². The van der Waals surface area contributed by atoms with Crippen LogP contribution in [0.5, 0.6) is 0 Å². The number of carboxylic acids is 1. The first kappa shape index (κ1) is 26.8. The summed E-state index contributed by atoms with van der Waals surface area (Å²) in [6.45, 7) is -0.367. The van der Waals surface area contributed by atoms with Gasteiger partial charge in [-0.25, -0.2) is 22.5 Å². The summed E-state index contributed by atoms with van der Waals surface area (Å²) in [4.78, 5) is 20.3. The van der Waals surface area contributed by atoms with Gasteiger partial charge in [0.25, 0.3) is 10.0 Å². The highest BCUT2D eigenvalue weighted by Gasteiger charge is 2.33. The highest BCUT2D eigenvalue weighted by Crippen LogP contribution is 2.34. The normalized spacial score (nSPS) is 11.9. The molecule has 0 unspecified atom stereocenters. The summed E-state index contributed by atoms with van der Waals surface area (Å²) >= 11 is 0. The molecular formula is C29H20F3N3O4S. The number of rotatable bonds is 7. The van der Waals surface area contributed by atoms with Gasteiger partial charge < -0.3 is 5.11 Å². The molecule has 40 heavy (non-hydrogen) atoms. The minimum absolute atomic E-state index is 0.111. The molecule has 0 spiro atoms. The maximum Gasteiger partial charge on any atom is 0.416 e. The molecule has 0 bridgehead atoms. The topological polar surface area (TPSA) is 100 Å². The maximum absolute atomic E-state index is 14.0. The summed E-state index contributed by atoms with van der Waals surface area (Å²) in [5, 5.41) is 10.1. The maximum atomic E-state index is 14.0. The van der Waals surface area contributed by atoms with Gasteiger partial charge in [-0.15, -0.1) is 0 Å². The van der Waals surface area contributed by atoms with E-state index in [1.54, 1.807) is 24.3 Å². The van der Waals surface area contributed by atoms with Crippen LogP contribution in [0.2, 0.25) is 0 Å². The second kappa shape index (κ2) is 10.4. The third kappa shape index (κ3) is 5.36. The largest absolute Gasteiger partial charge is 0.478 e. The number of nitrogens with zero attached hydrogens (tertiary/aromatic N) is 3. The average molecular weight is 564 g/mol. The average Bonchev–Trinajstić information content (AvgIpc) is 2.95. The van der Waals surface area contributed by atoms with Crippen molar-refractivity contribution >= 4 is 32.7 Å². The summed E-state index contributed by atoms with van der Waals surface area (Å²) in [5.74, 6) is -2.01. The monoisotopic (exact) mass is 563 g/mol. The number of sulfonamides is 1. The number of carboxylic acid groups (broad SMARTS) is 1. The molecule has 0 fully saturated rings. The zero-order valence-electron chi connectivity index (χ0n) is 20.6. The summed E-state index contributed by atoms with van der Waals surface area (Å²) in [6, 6.07) is 22.2. The number of benzene rings is 3. The summed E-state index contributed by atoms with van der Waals surface area (Å²) in [7, 11) is -4.46. The fourth-order valence-electron chi connectivity index (χ4n) is 4.19. The molecule has 0 aliphatic carbocycles. The second-order valence-electron chi connectivity index (χ2n) is 8.83. The van der Waals surface area contributed by atoms with Crippen molar-refractivity contribution in [3.05, 3.63) is 120 Å². The van der Waals surface area contributed by atoms with Crippen LogP contribution in [-0.2, 0) is 22.7 Å². The highest BCUT2D eigenvalue weighted by atomic mass is 32.2. The molecule has 202 valence electrons. The smallest absolute Gasteiger partial charge is 0.416 e. The lowest BCUT2D eigenvalue weighted by molar-refractivity contribution is -0.137. The quantitative estimate of drug-likeness (QED) is 0.246. The molecule has 0 saturated carbocycles. The lowest BCUT2D eigenvalue weighted by Gasteiger charge is -2.25. The Morgan fingerprint density at radius 1 is 0.875 bits per heavy atom. The van der Waals surface area contributed by atoms with E-state index in [-0.39, 0.29) is 22.3 Å². The van der Waals surface area contributed by atoms with Crippen molar-refractivity contribution < 1.29 is 31.5 Å². The van der Waals surface area contributed by atoms with E-state index >= 15 is 0 Å². The van der Waals surface area contributed by atoms with Crippen molar-refractivity contribution in [2.24, 2.45) is 0 Å². The number of anilines is 1.